The highest BCUT2D eigenvalue weighted by Gasteiger charge is 2.49. The van der Waals surface area contributed by atoms with E-state index >= 15 is 0 Å². The Morgan fingerprint density at radius 1 is 1.06 bits per heavy atom. The summed E-state index contributed by atoms with van der Waals surface area (Å²) < 4.78 is 0. The second kappa shape index (κ2) is 3.15. The summed E-state index contributed by atoms with van der Waals surface area (Å²) in [4.78, 5) is 10.8. The lowest BCUT2D eigenvalue weighted by Crippen LogP contribution is -2.41. The molecule has 0 bridgehead atoms. The Morgan fingerprint density at radius 3 is 2.19 bits per heavy atom. The minimum atomic E-state index is -0.572. The highest BCUT2D eigenvalue weighted by atomic mass is 16.5. The van der Waals surface area contributed by atoms with Crippen LogP contribution in [0.25, 0.3) is 0 Å². The Bertz CT molecular complexity index is 449. The molecule has 0 unspecified atom stereocenters. The molecule has 0 amide bonds. The van der Waals surface area contributed by atoms with Crippen molar-refractivity contribution in [3.8, 4) is 0 Å². The molecule has 0 aliphatic carbocycles. The van der Waals surface area contributed by atoms with Crippen molar-refractivity contribution in [3.05, 3.63) is 34.9 Å². The van der Waals surface area contributed by atoms with Gasteiger partial charge in [0.05, 0.1) is 11.1 Å². The van der Waals surface area contributed by atoms with Crippen LogP contribution in [0.1, 0.15) is 49.2 Å². The zero-order valence-electron chi connectivity index (χ0n) is 10.1. The summed E-state index contributed by atoms with van der Waals surface area (Å²) in [6.07, 6.45) is 0.816. The van der Waals surface area contributed by atoms with E-state index in [1.54, 1.807) is 6.07 Å². The number of benzene rings is 1. The van der Waals surface area contributed by atoms with Gasteiger partial charge in [-0.1, -0.05) is 12.1 Å². The number of carbonyl (C=O) groups is 1. The third-order valence-electron chi connectivity index (χ3n) is 3.51. The maximum atomic E-state index is 12.2. The Kier molecular flexibility index (Phi) is 2.23. The van der Waals surface area contributed by atoms with Gasteiger partial charge in [0.15, 0.2) is 0 Å². The number of nitrogens with zero attached hydrogens (tertiary/aromatic N) is 1. The molecule has 0 spiro atoms. The molecule has 85 valence electrons. The monoisotopic (exact) mass is 218 g/mol. The number of hydroxylamine groups is 2. The fourth-order valence-corrected chi connectivity index (χ4v) is 2.59. The lowest BCUT2D eigenvalue weighted by atomic mass is 9.89. The summed E-state index contributed by atoms with van der Waals surface area (Å²) in [5, 5.41) is 13.3. The molecule has 1 aromatic carbocycles. The first kappa shape index (κ1) is 11.3. The van der Waals surface area contributed by atoms with Crippen LogP contribution >= 0.6 is 0 Å². The second-order valence-corrected chi connectivity index (χ2v) is 5.34. The highest BCUT2D eigenvalue weighted by molar-refractivity contribution is 5.76. The van der Waals surface area contributed by atoms with Crippen molar-refractivity contribution < 1.29 is 10.0 Å². The first-order valence-corrected chi connectivity index (χ1v) is 5.39. The molecule has 0 fully saturated rings. The Morgan fingerprint density at radius 2 is 1.62 bits per heavy atom. The van der Waals surface area contributed by atoms with E-state index in [1.165, 1.54) is 0 Å². The van der Waals surface area contributed by atoms with Gasteiger partial charge in [0.1, 0.15) is 6.29 Å². The number of carbonyl (C=O) groups excluding carboxylic acids is 1. The average Bonchev–Trinajstić information content (AvgIpc) is 2.38. The van der Waals surface area contributed by atoms with Crippen molar-refractivity contribution in [2.45, 2.75) is 38.8 Å². The average molecular weight is 218 g/mol. The topological polar surface area (TPSA) is 40.2 Å². The highest BCUT2D eigenvalue weighted by Crippen LogP contribution is 2.48. The SMILES string of the molecule is CC1(C)c2ccc(C=O)cc2C(C)(C)N1[O]. The van der Waals surface area contributed by atoms with Crippen molar-refractivity contribution in [1.82, 2.24) is 5.06 Å². The van der Waals surface area contributed by atoms with E-state index in [4.69, 9.17) is 0 Å². The zero-order chi connectivity index (χ0) is 12.1. The smallest absolute Gasteiger partial charge is 0.150 e. The lowest BCUT2D eigenvalue weighted by Gasteiger charge is -2.32. The van der Waals surface area contributed by atoms with Crippen LogP contribution < -0.4 is 0 Å². The van der Waals surface area contributed by atoms with Gasteiger partial charge >= 0.3 is 0 Å². The number of rotatable bonds is 1. The standard InChI is InChI=1S/C13H16NO2/c1-12(2)10-6-5-9(8-15)7-11(10)13(3,4)14(12)16/h5-8H,1-4H3. The van der Waals surface area contributed by atoms with Crippen LogP contribution in [0.3, 0.4) is 0 Å². The third-order valence-corrected chi connectivity index (χ3v) is 3.51. The van der Waals surface area contributed by atoms with Gasteiger partial charge in [-0.25, -0.2) is 0 Å². The quantitative estimate of drug-likeness (QED) is 0.680. The summed E-state index contributed by atoms with van der Waals surface area (Å²) in [7, 11) is 0. The van der Waals surface area contributed by atoms with Gasteiger partial charge < -0.3 is 0 Å². The summed E-state index contributed by atoms with van der Waals surface area (Å²) in [6.45, 7) is 7.60. The molecule has 1 heterocycles. The van der Waals surface area contributed by atoms with Gasteiger partial charge in [-0.15, -0.1) is 10.3 Å². The van der Waals surface area contributed by atoms with Gasteiger partial charge in [-0.05, 0) is 44.9 Å². The molecule has 0 saturated carbocycles. The molecule has 3 nitrogen and oxygen atoms in total. The number of hydrogen-bond acceptors (Lipinski definition) is 2. The zero-order valence-corrected chi connectivity index (χ0v) is 10.1. The van der Waals surface area contributed by atoms with E-state index in [0.29, 0.717) is 5.56 Å². The molecule has 1 aliphatic rings. The fraction of sp³-hybridized carbons (Fsp3) is 0.462. The summed E-state index contributed by atoms with van der Waals surface area (Å²) in [5.41, 5.74) is 1.49. The minimum absolute atomic E-state index is 0.528. The van der Waals surface area contributed by atoms with Crippen LogP contribution in [0.2, 0.25) is 0 Å². The van der Waals surface area contributed by atoms with E-state index in [-0.39, 0.29) is 0 Å². The molecule has 0 N–H and O–H groups in total. The van der Waals surface area contributed by atoms with Crippen molar-refractivity contribution in [1.29, 1.82) is 0 Å². The molecule has 1 radical (unpaired) electrons. The second-order valence-electron chi connectivity index (χ2n) is 5.34. The Labute approximate surface area is 95.6 Å². The van der Waals surface area contributed by atoms with Gasteiger partial charge in [-0.2, -0.15) is 0 Å². The maximum absolute atomic E-state index is 12.2. The van der Waals surface area contributed by atoms with Crippen LogP contribution in [0.15, 0.2) is 18.2 Å². The summed E-state index contributed by atoms with van der Waals surface area (Å²) >= 11 is 0. The van der Waals surface area contributed by atoms with E-state index in [2.05, 4.69) is 0 Å². The third kappa shape index (κ3) is 1.25. The van der Waals surface area contributed by atoms with Crippen molar-refractivity contribution >= 4 is 6.29 Å². The van der Waals surface area contributed by atoms with E-state index in [0.717, 1.165) is 22.5 Å². The molecular formula is C13H16NO2. The van der Waals surface area contributed by atoms with Crippen molar-refractivity contribution in [2.24, 2.45) is 0 Å². The van der Waals surface area contributed by atoms with Gasteiger partial charge in [0.2, 0.25) is 0 Å². The number of fused-ring (bicyclic) bond motifs is 1. The van der Waals surface area contributed by atoms with Crippen LogP contribution in [0, 0.1) is 0 Å². The summed E-state index contributed by atoms with van der Waals surface area (Å²) in [5.74, 6) is 0. The van der Waals surface area contributed by atoms with E-state index in [9.17, 15) is 10.0 Å². The summed E-state index contributed by atoms with van der Waals surface area (Å²) in [6, 6.07) is 5.48. The molecule has 0 atom stereocenters. The Hall–Kier alpha value is -1.19. The van der Waals surface area contributed by atoms with Crippen molar-refractivity contribution in [3.63, 3.8) is 0 Å². The Balaban J connectivity index is 2.70. The number of aldehydes is 1. The van der Waals surface area contributed by atoms with Crippen LogP contribution in [-0.4, -0.2) is 11.3 Å². The van der Waals surface area contributed by atoms with E-state index in [1.807, 2.05) is 39.8 Å². The fourth-order valence-electron chi connectivity index (χ4n) is 2.59. The molecule has 1 aromatic rings. The van der Waals surface area contributed by atoms with Crippen molar-refractivity contribution in [2.75, 3.05) is 0 Å². The lowest BCUT2D eigenvalue weighted by molar-refractivity contribution is -0.266. The molecule has 0 aromatic heterocycles. The molecule has 1 aliphatic heterocycles. The van der Waals surface area contributed by atoms with Gasteiger partial charge in [0, 0.05) is 5.56 Å². The first-order chi connectivity index (χ1) is 7.31. The normalized spacial score (nSPS) is 21.8. The van der Waals surface area contributed by atoms with Gasteiger partial charge in [0.25, 0.3) is 0 Å². The molecular weight excluding hydrogens is 202 g/mol. The minimum Gasteiger partial charge on any atom is -0.298 e. The predicted molar refractivity (Wildman–Crippen MR) is 60.4 cm³/mol. The largest absolute Gasteiger partial charge is 0.298 e. The van der Waals surface area contributed by atoms with Crippen LogP contribution in [0.4, 0.5) is 0 Å². The van der Waals surface area contributed by atoms with Crippen LogP contribution in [-0.2, 0) is 16.3 Å². The molecule has 0 saturated heterocycles. The number of hydrogen-bond donors (Lipinski definition) is 0. The molecule has 2 rings (SSSR count). The van der Waals surface area contributed by atoms with Gasteiger partial charge in [-0.3, -0.25) is 4.79 Å². The first-order valence-electron chi connectivity index (χ1n) is 5.39. The maximum Gasteiger partial charge on any atom is 0.150 e. The van der Waals surface area contributed by atoms with Crippen LogP contribution in [0.5, 0.6) is 0 Å². The molecule has 16 heavy (non-hydrogen) atoms. The predicted octanol–water partition coefficient (Wildman–Crippen LogP) is 2.63. The molecule has 3 heteroatoms. The van der Waals surface area contributed by atoms with E-state index < -0.39 is 11.1 Å².